The summed E-state index contributed by atoms with van der Waals surface area (Å²) in [5.41, 5.74) is 1.60. The largest absolute Gasteiger partial charge is 0.486 e. The molecule has 0 atom stereocenters. The van der Waals surface area contributed by atoms with E-state index in [1.165, 1.54) is 17.4 Å². The molecule has 4 nitrogen and oxygen atoms in total. The average molecular weight is 374 g/mol. The molecular weight excluding hydrogens is 358 g/mol. The standard InChI is InChI=1S/C19H16F2N2O2S/c1-12-11-26-18(23-12)10-25-16-6-3-13(4-7-16)19(24)22-9-14-2-5-15(20)8-17(14)21/h2-8,11H,9-10H2,1H3,(H,22,24). The van der Waals surface area contributed by atoms with Crippen molar-refractivity contribution in [3.63, 3.8) is 0 Å². The van der Waals surface area contributed by atoms with Gasteiger partial charge < -0.3 is 10.1 Å². The molecule has 0 saturated heterocycles. The molecule has 0 aliphatic rings. The average Bonchev–Trinajstić information content (AvgIpc) is 3.05. The van der Waals surface area contributed by atoms with Gasteiger partial charge in [0.25, 0.3) is 5.91 Å². The number of benzene rings is 2. The third-order valence-electron chi connectivity index (χ3n) is 3.60. The van der Waals surface area contributed by atoms with Crippen molar-refractivity contribution in [2.75, 3.05) is 0 Å². The van der Waals surface area contributed by atoms with E-state index < -0.39 is 11.6 Å². The lowest BCUT2D eigenvalue weighted by atomic mass is 10.1. The Kier molecular flexibility index (Phi) is 5.58. The maximum Gasteiger partial charge on any atom is 0.251 e. The van der Waals surface area contributed by atoms with Crippen molar-refractivity contribution in [3.8, 4) is 5.75 Å². The highest BCUT2D eigenvalue weighted by atomic mass is 32.1. The maximum absolute atomic E-state index is 13.6. The highest BCUT2D eigenvalue weighted by Crippen LogP contribution is 2.16. The molecule has 3 rings (SSSR count). The molecule has 0 fully saturated rings. The van der Waals surface area contributed by atoms with Crippen LogP contribution < -0.4 is 10.1 Å². The lowest BCUT2D eigenvalue weighted by Gasteiger charge is -2.08. The Morgan fingerprint density at radius 1 is 1.19 bits per heavy atom. The molecule has 1 heterocycles. The van der Waals surface area contributed by atoms with Gasteiger partial charge in [-0.2, -0.15) is 0 Å². The van der Waals surface area contributed by atoms with Gasteiger partial charge in [0, 0.05) is 34.8 Å². The van der Waals surface area contributed by atoms with Crippen molar-refractivity contribution in [1.29, 1.82) is 0 Å². The van der Waals surface area contributed by atoms with E-state index in [0.717, 1.165) is 22.8 Å². The van der Waals surface area contributed by atoms with Crippen LogP contribution >= 0.6 is 11.3 Å². The zero-order valence-electron chi connectivity index (χ0n) is 14.0. The zero-order chi connectivity index (χ0) is 18.5. The molecule has 7 heteroatoms. The smallest absolute Gasteiger partial charge is 0.251 e. The van der Waals surface area contributed by atoms with E-state index in [2.05, 4.69) is 10.3 Å². The number of nitrogens with zero attached hydrogens (tertiary/aromatic N) is 1. The fraction of sp³-hybridized carbons (Fsp3) is 0.158. The first-order chi connectivity index (χ1) is 12.5. The molecule has 0 radical (unpaired) electrons. The molecule has 1 amide bonds. The number of aryl methyl sites for hydroxylation is 1. The molecule has 0 spiro atoms. The number of aromatic nitrogens is 1. The molecule has 1 N–H and O–H groups in total. The van der Waals surface area contributed by atoms with Gasteiger partial charge in [-0.05, 0) is 37.3 Å². The number of ether oxygens (including phenoxy) is 1. The number of rotatable bonds is 6. The quantitative estimate of drug-likeness (QED) is 0.702. The van der Waals surface area contributed by atoms with Crippen LogP contribution in [0.1, 0.15) is 26.6 Å². The summed E-state index contributed by atoms with van der Waals surface area (Å²) < 4.78 is 32.1. The number of amides is 1. The van der Waals surface area contributed by atoms with E-state index in [1.807, 2.05) is 12.3 Å². The highest BCUT2D eigenvalue weighted by Gasteiger charge is 2.09. The number of carbonyl (C=O) groups is 1. The van der Waals surface area contributed by atoms with Crippen LogP contribution in [0.4, 0.5) is 8.78 Å². The van der Waals surface area contributed by atoms with Crippen LogP contribution in [-0.2, 0) is 13.2 Å². The molecule has 26 heavy (non-hydrogen) atoms. The molecule has 134 valence electrons. The van der Waals surface area contributed by atoms with Gasteiger partial charge in [0.05, 0.1) is 0 Å². The Morgan fingerprint density at radius 2 is 1.96 bits per heavy atom. The molecule has 1 aromatic heterocycles. The monoisotopic (exact) mass is 374 g/mol. The van der Waals surface area contributed by atoms with Gasteiger partial charge in [-0.25, -0.2) is 13.8 Å². The molecule has 0 saturated carbocycles. The molecule has 0 bridgehead atoms. The topological polar surface area (TPSA) is 51.2 Å². The molecular formula is C19H16F2N2O2S. The number of thiazole rings is 1. The van der Waals surface area contributed by atoms with Crippen LogP contribution in [0.15, 0.2) is 47.8 Å². The van der Waals surface area contributed by atoms with Crippen LogP contribution in [0.25, 0.3) is 0 Å². The summed E-state index contributed by atoms with van der Waals surface area (Å²) in [7, 11) is 0. The number of halogens is 2. The van der Waals surface area contributed by atoms with E-state index in [4.69, 9.17) is 4.74 Å². The fourth-order valence-electron chi connectivity index (χ4n) is 2.26. The summed E-state index contributed by atoms with van der Waals surface area (Å²) in [4.78, 5) is 16.4. The minimum atomic E-state index is -0.688. The predicted molar refractivity (Wildman–Crippen MR) is 95.2 cm³/mol. The number of hydrogen-bond donors (Lipinski definition) is 1. The fourth-order valence-corrected chi connectivity index (χ4v) is 2.94. The zero-order valence-corrected chi connectivity index (χ0v) is 14.8. The molecule has 0 unspecified atom stereocenters. The minimum absolute atomic E-state index is 0.0212. The second-order valence-corrected chi connectivity index (χ2v) is 6.56. The molecule has 3 aromatic rings. The summed E-state index contributed by atoms with van der Waals surface area (Å²) >= 11 is 1.53. The lowest BCUT2D eigenvalue weighted by Crippen LogP contribution is -2.23. The molecule has 2 aromatic carbocycles. The Labute approximate surface area is 153 Å². The molecule has 0 aliphatic heterocycles. The van der Waals surface area contributed by atoms with Gasteiger partial charge in [-0.15, -0.1) is 11.3 Å². The van der Waals surface area contributed by atoms with Crippen LogP contribution in [0, 0.1) is 18.6 Å². The van der Waals surface area contributed by atoms with Crippen molar-refractivity contribution in [2.45, 2.75) is 20.1 Å². The van der Waals surface area contributed by atoms with Crippen molar-refractivity contribution >= 4 is 17.2 Å². The van der Waals surface area contributed by atoms with Crippen LogP contribution in [0.2, 0.25) is 0 Å². The van der Waals surface area contributed by atoms with Crippen LogP contribution in [0.5, 0.6) is 5.75 Å². The lowest BCUT2D eigenvalue weighted by molar-refractivity contribution is 0.0950. The first kappa shape index (κ1) is 18.0. The number of carbonyl (C=O) groups excluding carboxylic acids is 1. The highest BCUT2D eigenvalue weighted by molar-refractivity contribution is 7.09. The Balaban J connectivity index is 1.54. The Morgan fingerprint density at radius 3 is 2.62 bits per heavy atom. The summed E-state index contributed by atoms with van der Waals surface area (Å²) in [5, 5.41) is 5.44. The van der Waals surface area contributed by atoms with E-state index in [0.29, 0.717) is 17.9 Å². The second kappa shape index (κ2) is 8.05. The van der Waals surface area contributed by atoms with Gasteiger partial charge in [0.1, 0.15) is 29.0 Å². The number of nitrogens with one attached hydrogen (secondary N) is 1. The van der Waals surface area contributed by atoms with E-state index >= 15 is 0 Å². The first-order valence-corrected chi connectivity index (χ1v) is 8.75. The third-order valence-corrected chi connectivity index (χ3v) is 4.54. The first-order valence-electron chi connectivity index (χ1n) is 7.87. The SMILES string of the molecule is Cc1csc(COc2ccc(C(=O)NCc3ccc(F)cc3F)cc2)n1. The summed E-state index contributed by atoms with van der Waals surface area (Å²) in [6.07, 6.45) is 0. The number of hydrogen-bond acceptors (Lipinski definition) is 4. The normalized spacial score (nSPS) is 10.6. The van der Waals surface area contributed by atoms with Gasteiger partial charge in [0.2, 0.25) is 0 Å². The van der Waals surface area contributed by atoms with Gasteiger partial charge in [0.15, 0.2) is 0 Å². The maximum atomic E-state index is 13.6. The van der Waals surface area contributed by atoms with E-state index in [-0.39, 0.29) is 18.0 Å². The van der Waals surface area contributed by atoms with Crippen molar-refractivity contribution < 1.29 is 18.3 Å². The van der Waals surface area contributed by atoms with Crippen LogP contribution in [-0.4, -0.2) is 10.9 Å². The summed E-state index contributed by atoms with van der Waals surface area (Å²) in [5.74, 6) is -1.07. The third kappa shape index (κ3) is 4.64. The van der Waals surface area contributed by atoms with Gasteiger partial charge >= 0.3 is 0 Å². The van der Waals surface area contributed by atoms with E-state index in [1.54, 1.807) is 24.3 Å². The second-order valence-electron chi connectivity index (χ2n) is 5.61. The Bertz CT molecular complexity index is 910. The van der Waals surface area contributed by atoms with Gasteiger partial charge in [-0.3, -0.25) is 4.79 Å². The molecule has 0 aliphatic carbocycles. The van der Waals surface area contributed by atoms with Crippen molar-refractivity contribution in [3.05, 3.63) is 81.3 Å². The summed E-state index contributed by atoms with van der Waals surface area (Å²) in [6.45, 7) is 2.27. The minimum Gasteiger partial charge on any atom is -0.486 e. The van der Waals surface area contributed by atoms with Crippen molar-refractivity contribution in [2.24, 2.45) is 0 Å². The van der Waals surface area contributed by atoms with Gasteiger partial charge in [-0.1, -0.05) is 6.07 Å². The van der Waals surface area contributed by atoms with E-state index in [9.17, 15) is 13.6 Å². The van der Waals surface area contributed by atoms with Crippen molar-refractivity contribution in [1.82, 2.24) is 10.3 Å². The Hall–Kier alpha value is -2.80. The van der Waals surface area contributed by atoms with Crippen LogP contribution in [0.3, 0.4) is 0 Å². The predicted octanol–water partition coefficient (Wildman–Crippen LogP) is 4.24. The summed E-state index contributed by atoms with van der Waals surface area (Å²) in [6, 6.07) is 9.87.